The van der Waals surface area contributed by atoms with Gasteiger partial charge in [-0.2, -0.15) is 0 Å². The molecule has 0 heterocycles. The summed E-state index contributed by atoms with van der Waals surface area (Å²) in [6, 6.07) is 7.94. The standard InChI is InChI=1S/C16H23NO3/c1-13-6-2-3-7-14(13)17(11-8-15(18)19)12-16(20)9-4-5-10-16/h2-3,6-7,20H,4-5,8-12H2,1H3,(H,18,19). The molecule has 0 amide bonds. The zero-order valence-corrected chi connectivity index (χ0v) is 12.0. The van der Waals surface area contributed by atoms with Gasteiger partial charge in [0.2, 0.25) is 0 Å². The van der Waals surface area contributed by atoms with Crippen LogP contribution in [0.1, 0.15) is 37.7 Å². The molecule has 2 N–H and O–H groups in total. The van der Waals surface area contributed by atoms with Crippen LogP contribution in [0, 0.1) is 6.92 Å². The highest BCUT2D eigenvalue weighted by molar-refractivity contribution is 5.68. The normalized spacial score (nSPS) is 17.1. The van der Waals surface area contributed by atoms with E-state index in [2.05, 4.69) is 0 Å². The number of anilines is 1. The highest BCUT2D eigenvalue weighted by atomic mass is 16.4. The first kappa shape index (κ1) is 14.9. The van der Waals surface area contributed by atoms with Crippen LogP contribution in [-0.4, -0.2) is 34.9 Å². The third kappa shape index (κ3) is 3.73. The zero-order chi connectivity index (χ0) is 14.6. The van der Waals surface area contributed by atoms with Gasteiger partial charge in [0.1, 0.15) is 0 Å². The van der Waals surface area contributed by atoms with Crippen molar-refractivity contribution < 1.29 is 15.0 Å². The lowest BCUT2D eigenvalue weighted by Crippen LogP contribution is -2.42. The molecule has 4 heteroatoms. The Morgan fingerprint density at radius 1 is 1.30 bits per heavy atom. The van der Waals surface area contributed by atoms with Crippen LogP contribution in [0.3, 0.4) is 0 Å². The summed E-state index contributed by atoms with van der Waals surface area (Å²) in [7, 11) is 0. The second-order valence-electron chi connectivity index (χ2n) is 5.78. The maximum absolute atomic E-state index is 10.8. The first-order chi connectivity index (χ1) is 9.50. The fraction of sp³-hybridized carbons (Fsp3) is 0.562. The van der Waals surface area contributed by atoms with Crippen LogP contribution in [0.15, 0.2) is 24.3 Å². The Labute approximate surface area is 120 Å². The fourth-order valence-corrected chi connectivity index (χ4v) is 2.98. The summed E-state index contributed by atoms with van der Waals surface area (Å²) in [4.78, 5) is 12.9. The van der Waals surface area contributed by atoms with Gasteiger partial charge in [0.15, 0.2) is 0 Å². The molecule has 110 valence electrons. The lowest BCUT2D eigenvalue weighted by atomic mass is 10.0. The van der Waals surface area contributed by atoms with E-state index >= 15 is 0 Å². The molecular weight excluding hydrogens is 254 g/mol. The summed E-state index contributed by atoms with van der Waals surface area (Å²) in [6.45, 7) is 2.97. The first-order valence-electron chi connectivity index (χ1n) is 7.25. The quantitative estimate of drug-likeness (QED) is 0.839. The van der Waals surface area contributed by atoms with E-state index < -0.39 is 11.6 Å². The minimum Gasteiger partial charge on any atom is -0.481 e. The number of aliphatic hydroxyl groups is 1. The van der Waals surface area contributed by atoms with Gasteiger partial charge < -0.3 is 15.1 Å². The molecule has 4 nitrogen and oxygen atoms in total. The zero-order valence-electron chi connectivity index (χ0n) is 12.0. The highest BCUT2D eigenvalue weighted by Crippen LogP contribution is 2.32. The molecule has 0 atom stereocenters. The molecular formula is C16H23NO3. The predicted molar refractivity (Wildman–Crippen MR) is 79.1 cm³/mol. The summed E-state index contributed by atoms with van der Waals surface area (Å²) in [5, 5.41) is 19.5. The summed E-state index contributed by atoms with van der Waals surface area (Å²) >= 11 is 0. The van der Waals surface area contributed by atoms with Crippen molar-refractivity contribution in [3.05, 3.63) is 29.8 Å². The molecule has 0 unspecified atom stereocenters. The minimum atomic E-state index is -0.804. The Morgan fingerprint density at radius 3 is 2.55 bits per heavy atom. The summed E-state index contributed by atoms with van der Waals surface area (Å²) < 4.78 is 0. The number of rotatable bonds is 6. The van der Waals surface area contributed by atoms with Gasteiger partial charge in [-0.15, -0.1) is 0 Å². The number of hydrogen-bond acceptors (Lipinski definition) is 3. The van der Waals surface area contributed by atoms with Gasteiger partial charge in [-0.1, -0.05) is 31.0 Å². The maximum Gasteiger partial charge on any atom is 0.305 e. The van der Waals surface area contributed by atoms with E-state index in [1.807, 2.05) is 36.1 Å². The van der Waals surface area contributed by atoms with Crippen molar-refractivity contribution in [3.8, 4) is 0 Å². The number of hydrogen-bond donors (Lipinski definition) is 2. The van der Waals surface area contributed by atoms with Crippen molar-refractivity contribution in [2.45, 2.75) is 44.6 Å². The van der Waals surface area contributed by atoms with Crippen LogP contribution in [0.25, 0.3) is 0 Å². The molecule has 2 rings (SSSR count). The van der Waals surface area contributed by atoms with Gasteiger partial charge in [-0.3, -0.25) is 4.79 Å². The SMILES string of the molecule is Cc1ccccc1N(CCC(=O)O)CC1(O)CCCC1. The monoisotopic (exact) mass is 277 g/mol. The van der Waals surface area contributed by atoms with Crippen molar-refractivity contribution >= 4 is 11.7 Å². The van der Waals surface area contributed by atoms with E-state index in [4.69, 9.17) is 5.11 Å². The lowest BCUT2D eigenvalue weighted by molar-refractivity contribution is -0.136. The van der Waals surface area contributed by atoms with Gasteiger partial charge in [0, 0.05) is 18.8 Å². The molecule has 0 saturated heterocycles. The number of para-hydroxylation sites is 1. The molecule has 1 aliphatic rings. The Kier molecular flexibility index (Phi) is 4.65. The minimum absolute atomic E-state index is 0.0877. The number of aliphatic carboxylic acids is 1. The van der Waals surface area contributed by atoms with Crippen molar-refractivity contribution in [3.63, 3.8) is 0 Å². The molecule has 0 bridgehead atoms. The van der Waals surface area contributed by atoms with Crippen LogP contribution in [0.5, 0.6) is 0 Å². The molecule has 1 fully saturated rings. The van der Waals surface area contributed by atoms with Gasteiger partial charge in [0.25, 0.3) is 0 Å². The molecule has 0 aliphatic heterocycles. The number of aryl methyl sites for hydroxylation is 1. The highest BCUT2D eigenvalue weighted by Gasteiger charge is 2.33. The smallest absolute Gasteiger partial charge is 0.305 e. The van der Waals surface area contributed by atoms with E-state index in [0.29, 0.717) is 13.1 Å². The summed E-state index contributed by atoms with van der Waals surface area (Å²) in [5.41, 5.74) is 1.47. The maximum atomic E-state index is 10.8. The van der Waals surface area contributed by atoms with Gasteiger partial charge in [-0.05, 0) is 31.4 Å². The number of carboxylic acids is 1. The van der Waals surface area contributed by atoms with E-state index in [0.717, 1.165) is 36.9 Å². The first-order valence-corrected chi connectivity index (χ1v) is 7.25. The average Bonchev–Trinajstić information content (AvgIpc) is 2.82. The molecule has 0 radical (unpaired) electrons. The van der Waals surface area contributed by atoms with Crippen LogP contribution < -0.4 is 4.90 Å². The predicted octanol–water partition coefficient (Wildman–Crippen LogP) is 2.58. The van der Waals surface area contributed by atoms with Crippen LogP contribution in [-0.2, 0) is 4.79 Å². The number of benzene rings is 1. The number of carbonyl (C=O) groups is 1. The van der Waals surface area contributed by atoms with Crippen molar-refractivity contribution in [1.82, 2.24) is 0 Å². The topological polar surface area (TPSA) is 60.8 Å². The molecule has 1 saturated carbocycles. The molecule has 1 aliphatic carbocycles. The summed E-state index contributed by atoms with van der Waals surface area (Å²) in [5.74, 6) is -0.804. The largest absolute Gasteiger partial charge is 0.481 e. The molecule has 0 spiro atoms. The van der Waals surface area contributed by atoms with Gasteiger partial charge >= 0.3 is 5.97 Å². The van der Waals surface area contributed by atoms with Crippen molar-refractivity contribution in [1.29, 1.82) is 0 Å². The summed E-state index contributed by atoms with van der Waals surface area (Å²) in [6.07, 6.45) is 3.81. The molecule has 20 heavy (non-hydrogen) atoms. The van der Waals surface area contributed by atoms with E-state index in [-0.39, 0.29) is 6.42 Å². The Hall–Kier alpha value is -1.55. The average molecular weight is 277 g/mol. The Balaban J connectivity index is 2.16. The second-order valence-corrected chi connectivity index (χ2v) is 5.78. The van der Waals surface area contributed by atoms with Crippen molar-refractivity contribution in [2.75, 3.05) is 18.0 Å². The molecule has 1 aromatic rings. The van der Waals surface area contributed by atoms with Crippen molar-refractivity contribution in [2.24, 2.45) is 0 Å². The fourth-order valence-electron chi connectivity index (χ4n) is 2.98. The van der Waals surface area contributed by atoms with Gasteiger partial charge in [-0.25, -0.2) is 0 Å². The molecule has 0 aromatic heterocycles. The Morgan fingerprint density at radius 2 is 1.95 bits per heavy atom. The molecule has 1 aromatic carbocycles. The number of carboxylic acid groups (broad SMARTS) is 1. The van der Waals surface area contributed by atoms with Crippen LogP contribution in [0.2, 0.25) is 0 Å². The third-order valence-electron chi connectivity index (χ3n) is 4.07. The third-order valence-corrected chi connectivity index (χ3v) is 4.07. The van der Waals surface area contributed by atoms with E-state index in [9.17, 15) is 9.90 Å². The van der Waals surface area contributed by atoms with Crippen LogP contribution in [0.4, 0.5) is 5.69 Å². The van der Waals surface area contributed by atoms with Crippen LogP contribution >= 0.6 is 0 Å². The number of nitrogens with zero attached hydrogens (tertiary/aromatic N) is 1. The van der Waals surface area contributed by atoms with E-state index in [1.54, 1.807) is 0 Å². The van der Waals surface area contributed by atoms with E-state index in [1.165, 1.54) is 0 Å². The lowest BCUT2D eigenvalue weighted by Gasteiger charge is -2.33. The Bertz CT molecular complexity index is 467. The van der Waals surface area contributed by atoms with Gasteiger partial charge in [0.05, 0.1) is 12.0 Å². The second kappa shape index (κ2) is 6.27.